The summed E-state index contributed by atoms with van der Waals surface area (Å²) in [4.78, 5) is 23.9. The molecule has 0 spiro atoms. The van der Waals surface area contributed by atoms with Crippen molar-refractivity contribution < 1.29 is 14.7 Å². The van der Waals surface area contributed by atoms with Gasteiger partial charge in [0.15, 0.2) is 0 Å². The van der Waals surface area contributed by atoms with E-state index in [2.05, 4.69) is 5.32 Å². The molecule has 1 aromatic carbocycles. The first-order valence-electron chi connectivity index (χ1n) is 7.28. The quantitative estimate of drug-likeness (QED) is 0.766. The highest BCUT2D eigenvalue weighted by Crippen LogP contribution is 2.38. The van der Waals surface area contributed by atoms with Crippen molar-refractivity contribution in [2.75, 3.05) is 6.54 Å². The van der Waals surface area contributed by atoms with Crippen molar-refractivity contribution >= 4 is 11.9 Å². The van der Waals surface area contributed by atoms with Crippen molar-refractivity contribution in [3.8, 4) is 0 Å². The van der Waals surface area contributed by atoms with Gasteiger partial charge in [-0.25, -0.2) is 0 Å². The van der Waals surface area contributed by atoms with E-state index in [4.69, 9.17) is 5.73 Å². The molecular weight excluding hydrogens is 268 g/mol. The summed E-state index contributed by atoms with van der Waals surface area (Å²) in [6.07, 6.45) is 2.10. The third kappa shape index (κ3) is 3.08. The molecule has 3 unspecified atom stereocenters. The molecule has 21 heavy (non-hydrogen) atoms. The van der Waals surface area contributed by atoms with Gasteiger partial charge < -0.3 is 16.2 Å². The van der Waals surface area contributed by atoms with Crippen molar-refractivity contribution in [3.63, 3.8) is 0 Å². The minimum Gasteiger partial charge on any atom is -0.481 e. The highest BCUT2D eigenvalue weighted by molar-refractivity contribution is 5.85. The number of carboxylic acid groups (broad SMARTS) is 1. The Morgan fingerprint density at radius 1 is 1.43 bits per heavy atom. The van der Waals surface area contributed by atoms with Gasteiger partial charge in [0, 0.05) is 12.6 Å². The highest BCUT2D eigenvalue weighted by atomic mass is 16.4. The Bertz CT molecular complexity index is 518. The molecule has 0 heterocycles. The minimum absolute atomic E-state index is 0.192. The molecule has 0 radical (unpaired) electrons. The predicted octanol–water partition coefficient (Wildman–Crippen LogP) is 1.49. The summed E-state index contributed by atoms with van der Waals surface area (Å²) in [5.74, 6) is -1.48. The number of carbonyl (C=O) groups is 2. The van der Waals surface area contributed by atoms with Crippen LogP contribution in [0.1, 0.15) is 37.7 Å². The summed E-state index contributed by atoms with van der Waals surface area (Å²) in [5, 5.41) is 12.3. The SMILES string of the molecule is CC1(C(=O)O)CCCC1NC(=O)C(CN)c1ccccc1. The van der Waals surface area contributed by atoms with Crippen molar-refractivity contribution in [2.24, 2.45) is 11.1 Å². The summed E-state index contributed by atoms with van der Waals surface area (Å²) in [6, 6.07) is 9.00. The third-order valence-corrected chi connectivity index (χ3v) is 4.52. The van der Waals surface area contributed by atoms with E-state index < -0.39 is 17.3 Å². The zero-order valence-corrected chi connectivity index (χ0v) is 12.2. The summed E-state index contributed by atoms with van der Waals surface area (Å²) in [6.45, 7) is 1.90. The Hall–Kier alpha value is -1.88. The van der Waals surface area contributed by atoms with Gasteiger partial charge in [-0.2, -0.15) is 0 Å². The molecule has 3 atom stereocenters. The average Bonchev–Trinajstić information content (AvgIpc) is 2.83. The molecule has 0 aliphatic heterocycles. The van der Waals surface area contributed by atoms with Crippen LogP contribution in [-0.2, 0) is 9.59 Å². The van der Waals surface area contributed by atoms with Gasteiger partial charge in [-0.3, -0.25) is 9.59 Å². The number of amides is 1. The molecule has 1 saturated carbocycles. The fourth-order valence-corrected chi connectivity index (χ4v) is 3.01. The standard InChI is InChI=1S/C16H22N2O3/c1-16(15(20)21)9-5-8-13(16)18-14(19)12(10-17)11-6-3-2-4-7-11/h2-4,6-7,12-13H,5,8-10,17H2,1H3,(H,18,19)(H,20,21). The first-order valence-corrected chi connectivity index (χ1v) is 7.28. The Kier molecular flexibility index (Phi) is 4.63. The second kappa shape index (κ2) is 6.26. The van der Waals surface area contributed by atoms with Crippen LogP contribution in [0.4, 0.5) is 0 Å². The number of hydrogen-bond acceptors (Lipinski definition) is 3. The number of hydrogen-bond donors (Lipinski definition) is 3. The monoisotopic (exact) mass is 290 g/mol. The Morgan fingerprint density at radius 2 is 2.10 bits per heavy atom. The second-order valence-corrected chi connectivity index (χ2v) is 5.87. The van der Waals surface area contributed by atoms with Crippen molar-refractivity contribution in [1.29, 1.82) is 0 Å². The molecule has 1 aromatic rings. The number of rotatable bonds is 5. The molecule has 1 amide bonds. The first-order chi connectivity index (χ1) is 9.99. The van der Waals surface area contributed by atoms with Crippen LogP contribution in [0.2, 0.25) is 0 Å². The topological polar surface area (TPSA) is 92.4 Å². The van der Waals surface area contributed by atoms with Crippen LogP contribution in [-0.4, -0.2) is 29.6 Å². The van der Waals surface area contributed by atoms with Crippen LogP contribution in [0.25, 0.3) is 0 Å². The van der Waals surface area contributed by atoms with E-state index in [1.54, 1.807) is 6.92 Å². The van der Waals surface area contributed by atoms with Gasteiger partial charge in [0.05, 0.1) is 11.3 Å². The van der Waals surface area contributed by atoms with Gasteiger partial charge in [-0.15, -0.1) is 0 Å². The van der Waals surface area contributed by atoms with Crippen molar-refractivity contribution in [3.05, 3.63) is 35.9 Å². The van der Waals surface area contributed by atoms with Gasteiger partial charge in [0.25, 0.3) is 0 Å². The first kappa shape index (κ1) is 15.5. The molecule has 1 aliphatic carbocycles. The Balaban J connectivity index is 2.11. The molecule has 2 rings (SSSR count). The molecule has 5 heteroatoms. The van der Waals surface area contributed by atoms with Crippen LogP contribution in [0.15, 0.2) is 30.3 Å². The maximum absolute atomic E-state index is 12.5. The van der Waals surface area contributed by atoms with E-state index in [1.807, 2.05) is 30.3 Å². The normalized spacial score (nSPS) is 26.3. The number of aliphatic carboxylic acids is 1. The van der Waals surface area contributed by atoms with E-state index in [1.165, 1.54) is 0 Å². The van der Waals surface area contributed by atoms with Gasteiger partial charge in [0.2, 0.25) is 5.91 Å². The van der Waals surface area contributed by atoms with Crippen molar-refractivity contribution in [1.82, 2.24) is 5.32 Å². The third-order valence-electron chi connectivity index (χ3n) is 4.52. The molecule has 4 N–H and O–H groups in total. The summed E-state index contributed by atoms with van der Waals surface area (Å²) in [5.41, 5.74) is 5.70. The lowest BCUT2D eigenvalue weighted by atomic mass is 9.84. The van der Waals surface area contributed by atoms with Gasteiger partial charge >= 0.3 is 5.97 Å². The van der Waals surface area contributed by atoms with Crippen LogP contribution < -0.4 is 11.1 Å². The average molecular weight is 290 g/mol. The molecule has 1 fully saturated rings. The Morgan fingerprint density at radius 3 is 2.67 bits per heavy atom. The molecule has 5 nitrogen and oxygen atoms in total. The zero-order valence-electron chi connectivity index (χ0n) is 12.2. The lowest BCUT2D eigenvalue weighted by Crippen LogP contribution is -2.49. The van der Waals surface area contributed by atoms with Crippen LogP contribution in [0.5, 0.6) is 0 Å². The van der Waals surface area contributed by atoms with E-state index >= 15 is 0 Å². The number of carboxylic acids is 1. The summed E-state index contributed by atoms with van der Waals surface area (Å²) < 4.78 is 0. The molecular formula is C16H22N2O3. The minimum atomic E-state index is -0.883. The van der Waals surface area contributed by atoms with Crippen LogP contribution in [0.3, 0.4) is 0 Å². The second-order valence-electron chi connectivity index (χ2n) is 5.87. The van der Waals surface area contributed by atoms with Crippen molar-refractivity contribution in [2.45, 2.75) is 38.1 Å². The number of carbonyl (C=O) groups excluding carboxylic acids is 1. The number of nitrogens with one attached hydrogen (secondary N) is 1. The van der Waals surface area contributed by atoms with Gasteiger partial charge in [-0.05, 0) is 25.3 Å². The summed E-state index contributed by atoms with van der Waals surface area (Å²) >= 11 is 0. The number of nitrogens with two attached hydrogens (primary N) is 1. The molecule has 0 aromatic heterocycles. The summed E-state index contributed by atoms with van der Waals surface area (Å²) in [7, 11) is 0. The lowest BCUT2D eigenvalue weighted by molar-refractivity contribution is -0.149. The molecule has 1 aliphatic rings. The smallest absolute Gasteiger partial charge is 0.311 e. The fourth-order valence-electron chi connectivity index (χ4n) is 3.01. The van der Waals surface area contributed by atoms with E-state index in [0.29, 0.717) is 12.8 Å². The Labute approximate surface area is 124 Å². The molecule has 0 saturated heterocycles. The molecule has 0 bridgehead atoms. The van der Waals surface area contributed by atoms with Crippen LogP contribution in [0, 0.1) is 5.41 Å². The van der Waals surface area contributed by atoms with Gasteiger partial charge in [-0.1, -0.05) is 36.8 Å². The maximum Gasteiger partial charge on any atom is 0.311 e. The van der Waals surface area contributed by atoms with E-state index in [0.717, 1.165) is 12.0 Å². The lowest BCUT2D eigenvalue weighted by Gasteiger charge is -2.29. The van der Waals surface area contributed by atoms with E-state index in [9.17, 15) is 14.7 Å². The van der Waals surface area contributed by atoms with Crippen LogP contribution >= 0.6 is 0 Å². The van der Waals surface area contributed by atoms with E-state index in [-0.39, 0.29) is 18.5 Å². The number of benzene rings is 1. The van der Waals surface area contributed by atoms with Gasteiger partial charge in [0.1, 0.15) is 0 Å². The molecule has 114 valence electrons. The fraction of sp³-hybridized carbons (Fsp3) is 0.500. The maximum atomic E-state index is 12.5. The largest absolute Gasteiger partial charge is 0.481 e. The predicted molar refractivity (Wildman–Crippen MR) is 79.8 cm³/mol. The zero-order chi connectivity index (χ0) is 15.5. The highest BCUT2D eigenvalue weighted by Gasteiger charge is 2.46.